The van der Waals surface area contributed by atoms with Crippen LogP contribution in [0.3, 0.4) is 0 Å². The first-order chi connectivity index (χ1) is 15.1. The van der Waals surface area contributed by atoms with E-state index < -0.39 is 23.4 Å². The van der Waals surface area contributed by atoms with Gasteiger partial charge in [0.25, 0.3) is 5.91 Å². The first kappa shape index (κ1) is 21.2. The normalized spacial score (nSPS) is 21.5. The van der Waals surface area contributed by atoms with Crippen molar-refractivity contribution in [3.8, 4) is 0 Å². The molecule has 1 amide bonds. The fourth-order valence-electron chi connectivity index (χ4n) is 4.22. The van der Waals surface area contributed by atoms with Gasteiger partial charge < -0.3 is 15.3 Å². The van der Waals surface area contributed by atoms with Gasteiger partial charge in [-0.15, -0.1) is 0 Å². The van der Waals surface area contributed by atoms with Crippen molar-refractivity contribution in [1.29, 1.82) is 0 Å². The standard InChI is InChI=1S/C25H26FN3O2/c26-22-10-4-7-20(16-22)24(31)28-25(21-8-2-1-3-9-21)12-15-29(18-23(25)30)14-11-19-6-5-13-27-17-19/h1-10,13,16-17,23,30H,11-12,14-15,18H2,(H,28,31)/t23-,25-/m1/s1. The Kier molecular flexibility index (Phi) is 6.39. The summed E-state index contributed by atoms with van der Waals surface area (Å²) in [5.41, 5.74) is 1.30. The highest BCUT2D eigenvalue weighted by molar-refractivity contribution is 5.94. The van der Waals surface area contributed by atoms with Crippen LogP contribution in [0, 0.1) is 5.82 Å². The van der Waals surface area contributed by atoms with E-state index >= 15 is 0 Å². The number of hydrogen-bond donors (Lipinski definition) is 2. The molecule has 2 N–H and O–H groups in total. The Morgan fingerprint density at radius 1 is 1.16 bits per heavy atom. The zero-order valence-corrected chi connectivity index (χ0v) is 17.2. The molecule has 31 heavy (non-hydrogen) atoms. The number of likely N-dealkylation sites (tertiary alicyclic amines) is 1. The summed E-state index contributed by atoms with van der Waals surface area (Å²) in [6.45, 7) is 1.94. The quantitative estimate of drug-likeness (QED) is 0.644. The monoisotopic (exact) mass is 419 g/mol. The number of aliphatic hydroxyl groups excluding tert-OH is 1. The predicted octanol–water partition coefficient (Wildman–Crippen LogP) is 3.16. The van der Waals surface area contributed by atoms with Crippen molar-refractivity contribution in [3.63, 3.8) is 0 Å². The van der Waals surface area contributed by atoms with Crippen LogP contribution in [0.4, 0.5) is 4.39 Å². The molecule has 1 saturated heterocycles. The van der Waals surface area contributed by atoms with Crippen molar-refractivity contribution in [2.24, 2.45) is 0 Å². The number of piperidine rings is 1. The molecule has 2 aromatic carbocycles. The van der Waals surface area contributed by atoms with Crippen LogP contribution in [0.25, 0.3) is 0 Å². The molecule has 0 aliphatic carbocycles. The van der Waals surface area contributed by atoms with Crippen LogP contribution in [-0.2, 0) is 12.0 Å². The number of pyridine rings is 1. The second-order valence-corrected chi connectivity index (χ2v) is 7.98. The number of benzene rings is 2. The third-order valence-electron chi connectivity index (χ3n) is 5.97. The summed E-state index contributed by atoms with van der Waals surface area (Å²) in [5.74, 6) is -0.863. The highest BCUT2D eigenvalue weighted by Crippen LogP contribution is 2.34. The Morgan fingerprint density at radius 3 is 2.71 bits per heavy atom. The second-order valence-electron chi connectivity index (χ2n) is 7.98. The summed E-state index contributed by atoms with van der Waals surface area (Å²) in [6, 6.07) is 19.1. The Morgan fingerprint density at radius 2 is 2.00 bits per heavy atom. The number of aromatic nitrogens is 1. The van der Waals surface area contributed by atoms with Crippen molar-refractivity contribution in [2.45, 2.75) is 24.5 Å². The molecule has 0 bridgehead atoms. The number of halogens is 1. The molecule has 1 fully saturated rings. The van der Waals surface area contributed by atoms with E-state index in [0.717, 1.165) is 30.6 Å². The fraction of sp³-hybridized carbons (Fsp3) is 0.280. The number of hydrogen-bond acceptors (Lipinski definition) is 4. The minimum atomic E-state index is -0.935. The van der Waals surface area contributed by atoms with Gasteiger partial charge in [-0.3, -0.25) is 9.78 Å². The van der Waals surface area contributed by atoms with Gasteiger partial charge in [0.05, 0.1) is 11.6 Å². The average Bonchev–Trinajstić information content (AvgIpc) is 2.80. The molecule has 0 radical (unpaired) electrons. The fourth-order valence-corrected chi connectivity index (χ4v) is 4.22. The van der Waals surface area contributed by atoms with E-state index in [-0.39, 0.29) is 5.56 Å². The number of aliphatic hydroxyl groups is 1. The lowest BCUT2D eigenvalue weighted by Crippen LogP contribution is -2.62. The maximum Gasteiger partial charge on any atom is 0.252 e. The summed E-state index contributed by atoms with van der Waals surface area (Å²) < 4.78 is 13.6. The number of nitrogens with zero attached hydrogens (tertiary/aromatic N) is 2. The number of nitrogens with one attached hydrogen (secondary N) is 1. The Balaban J connectivity index is 1.52. The SMILES string of the molecule is O=C(N[C@@]1(c2ccccc2)CCN(CCc2cccnc2)C[C@H]1O)c1cccc(F)c1. The Bertz CT molecular complexity index is 1020. The van der Waals surface area contributed by atoms with Gasteiger partial charge in [0.1, 0.15) is 5.82 Å². The van der Waals surface area contributed by atoms with E-state index in [9.17, 15) is 14.3 Å². The van der Waals surface area contributed by atoms with Crippen LogP contribution < -0.4 is 5.32 Å². The van der Waals surface area contributed by atoms with Gasteiger partial charge in [-0.05, 0) is 48.2 Å². The molecule has 2 atom stereocenters. The van der Waals surface area contributed by atoms with E-state index in [1.165, 1.54) is 18.2 Å². The summed E-state index contributed by atoms with van der Waals surface area (Å²) >= 11 is 0. The highest BCUT2D eigenvalue weighted by atomic mass is 19.1. The second kappa shape index (κ2) is 9.37. The van der Waals surface area contributed by atoms with Crippen LogP contribution in [0.15, 0.2) is 79.1 Å². The topological polar surface area (TPSA) is 65.5 Å². The summed E-state index contributed by atoms with van der Waals surface area (Å²) in [6.07, 6.45) is 4.19. The van der Waals surface area contributed by atoms with E-state index in [4.69, 9.17) is 0 Å². The molecule has 2 heterocycles. The molecule has 6 heteroatoms. The highest BCUT2D eigenvalue weighted by Gasteiger charge is 2.44. The molecule has 0 saturated carbocycles. The zero-order valence-electron chi connectivity index (χ0n) is 17.2. The number of rotatable bonds is 6. The van der Waals surface area contributed by atoms with E-state index in [1.54, 1.807) is 12.3 Å². The maximum atomic E-state index is 13.6. The van der Waals surface area contributed by atoms with Crippen LogP contribution in [0.1, 0.15) is 27.9 Å². The van der Waals surface area contributed by atoms with Gasteiger partial charge in [0.2, 0.25) is 0 Å². The van der Waals surface area contributed by atoms with Gasteiger partial charge >= 0.3 is 0 Å². The third-order valence-corrected chi connectivity index (χ3v) is 5.97. The molecule has 1 aliphatic rings. The van der Waals surface area contributed by atoms with E-state index in [2.05, 4.69) is 15.2 Å². The molecule has 0 spiro atoms. The Hall–Kier alpha value is -3.09. The summed E-state index contributed by atoms with van der Waals surface area (Å²) in [5, 5.41) is 14.3. The van der Waals surface area contributed by atoms with E-state index in [0.29, 0.717) is 13.0 Å². The number of β-amino-alcohol motifs (C(OH)–C–C–N with tert-alkyl or cyclic N) is 1. The largest absolute Gasteiger partial charge is 0.389 e. The van der Waals surface area contributed by atoms with Gasteiger partial charge in [-0.2, -0.15) is 0 Å². The van der Waals surface area contributed by atoms with Gasteiger partial charge in [0.15, 0.2) is 0 Å². The molecule has 160 valence electrons. The molecule has 3 aromatic rings. The van der Waals surface area contributed by atoms with Crippen LogP contribution in [-0.4, -0.2) is 46.6 Å². The smallest absolute Gasteiger partial charge is 0.252 e. The van der Waals surface area contributed by atoms with Crippen LogP contribution >= 0.6 is 0 Å². The average molecular weight is 420 g/mol. The van der Waals surface area contributed by atoms with Crippen molar-refractivity contribution in [2.75, 3.05) is 19.6 Å². The third kappa shape index (κ3) is 4.81. The number of carbonyl (C=O) groups excluding carboxylic acids is 1. The lowest BCUT2D eigenvalue weighted by Gasteiger charge is -2.46. The van der Waals surface area contributed by atoms with Gasteiger partial charge in [-0.1, -0.05) is 42.5 Å². The van der Waals surface area contributed by atoms with Crippen molar-refractivity contribution >= 4 is 5.91 Å². The van der Waals surface area contributed by atoms with Crippen molar-refractivity contribution in [1.82, 2.24) is 15.2 Å². The molecule has 0 unspecified atom stereocenters. The van der Waals surface area contributed by atoms with Crippen LogP contribution in [0.5, 0.6) is 0 Å². The molecular formula is C25H26FN3O2. The first-order valence-corrected chi connectivity index (χ1v) is 10.5. The van der Waals surface area contributed by atoms with E-state index in [1.807, 2.05) is 48.7 Å². The summed E-state index contributed by atoms with van der Waals surface area (Å²) in [7, 11) is 0. The van der Waals surface area contributed by atoms with Gasteiger partial charge in [-0.25, -0.2) is 4.39 Å². The minimum Gasteiger partial charge on any atom is -0.389 e. The number of amides is 1. The van der Waals surface area contributed by atoms with Crippen molar-refractivity contribution < 1.29 is 14.3 Å². The lowest BCUT2D eigenvalue weighted by atomic mass is 9.78. The zero-order chi connectivity index (χ0) is 21.7. The summed E-state index contributed by atoms with van der Waals surface area (Å²) in [4.78, 5) is 19.3. The minimum absolute atomic E-state index is 0.238. The molecule has 1 aliphatic heterocycles. The lowest BCUT2D eigenvalue weighted by molar-refractivity contribution is -0.0151. The number of carbonyl (C=O) groups is 1. The van der Waals surface area contributed by atoms with Crippen molar-refractivity contribution in [3.05, 3.63) is 102 Å². The molecule has 4 rings (SSSR count). The Labute approximate surface area is 181 Å². The predicted molar refractivity (Wildman–Crippen MR) is 117 cm³/mol. The molecule has 1 aromatic heterocycles. The first-order valence-electron chi connectivity index (χ1n) is 10.5. The molecular weight excluding hydrogens is 393 g/mol. The maximum absolute atomic E-state index is 13.6. The van der Waals surface area contributed by atoms with Crippen LogP contribution in [0.2, 0.25) is 0 Å². The van der Waals surface area contributed by atoms with Gasteiger partial charge in [0, 0.05) is 37.6 Å². The molecule has 5 nitrogen and oxygen atoms in total.